The molecule has 0 aliphatic rings. The molecule has 2 aromatic rings. The van der Waals surface area contributed by atoms with Crippen molar-refractivity contribution in [3.8, 4) is 0 Å². The zero-order valence-corrected chi connectivity index (χ0v) is 9.45. The lowest BCUT2D eigenvalue weighted by Gasteiger charge is -2.05. The molecule has 0 unspecified atom stereocenters. The maximum atomic E-state index is 5.88. The van der Waals surface area contributed by atoms with E-state index in [-0.39, 0.29) is 0 Å². The molecule has 0 aliphatic heterocycles. The van der Waals surface area contributed by atoms with E-state index in [0.29, 0.717) is 0 Å². The molecule has 0 bridgehead atoms. The molecule has 0 spiro atoms. The average Bonchev–Trinajstić information content (AvgIpc) is 2.58. The van der Waals surface area contributed by atoms with Gasteiger partial charge in [0.2, 0.25) is 0 Å². The van der Waals surface area contributed by atoms with Crippen LogP contribution in [0.3, 0.4) is 0 Å². The van der Waals surface area contributed by atoms with Gasteiger partial charge >= 0.3 is 0 Å². The fraction of sp³-hybridized carbons (Fsp3) is 0.200. The minimum Gasteiger partial charge on any atom is -0.398 e. The maximum absolute atomic E-state index is 5.88. The number of aryl methyl sites for hydroxylation is 2. The molecule has 0 aliphatic carbocycles. The molecular formula is C10H12N4S. The first-order valence-corrected chi connectivity index (χ1v) is 5.36. The van der Waals surface area contributed by atoms with Crippen LogP contribution in [0.25, 0.3) is 0 Å². The molecule has 1 aromatic carbocycles. The van der Waals surface area contributed by atoms with Crippen molar-refractivity contribution in [3.05, 3.63) is 30.1 Å². The van der Waals surface area contributed by atoms with E-state index >= 15 is 0 Å². The topological polar surface area (TPSA) is 56.7 Å². The van der Waals surface area contributed by atoms with Gasteiger partial charge in [-0.3, -0.25) is 0 Å². The second-order valence-electron chi connectivity index (χ2n) is 3.31. The molecule has 0 radical (unpaired) electrons. The Morgan fingerprint density at radius 2 is 2.20 bits per heavy atom. The molecule has 78 valence electrons. The second kappa shape index (κ2) is 3.94. The third kappa shape index (κ3) is 2.12. The molecule has 0 saturated heterocycles. The van der Waals surface area contributed by atoms with Gasteiger partial charge in [-0.05, 0) is 36.4 Å². The van der Waals surface area contributed by atoms with E-state index in [9.17, 15) is 0 Å². The van der Waals surface area contributed by atoms with Crippen molar-refractivity contribution in [2.24, 2.45) is 7.05 Å². The number of hydrogen-bond acceptors (Lipinski definition) is 4. The number of nitrogens with zero attached hydrogens (tertiary/aromatic N) is 3. The van der Waals surface area contributed by atoms with Gasteiger partial charge in [0.05, 0.1) is 0 Å². The lowest BCUT2D eigenvalue weighted by molar-refractivity contribution is 0.685. The predicted molar refractivity (Wildman–Crippen MR) is 60.7 cm³/mol. The molecule has 2 N–H and O–H groups in total. The number of aromatic nitrogens is 3. The van der Waals surface area contributed by atoms with Crippen LogP contribution >= 0.6 is 11.8 Å². The number of nitrogen functional groups attached to an aromatic ring is 1. The predicted octanol–water partition coefficient (Wildman–Crippen LogP) is 1.86. The molecule has 1 aromatic heterocycles. The molecule has 0 saturated carbocycles. The van der Waals surface area contributed by atoms with Crippen LogP contribution in [0.5, 0.6) is 0 Å². The molecule has 0 atom stereocenters. The molecule has 0 fully saturated rings. The highest BCUT2D eigenvalue weighted by Gasteiger charge is 2.06. The standard InChI is InChI=1S/C10H12N4S/c1-7-3-4-8(11)9(5-7)15-10-12-6-13-14(10)2/h3-6H,11H2,1-2H3. The Hall–Kier alpha value is -1.49. The largest absolute Gasteiger partial charge is 0.398 e. The first-order valence-electron chi connectivity index (χ1n) is 4.55. The molecular weight excluding hydrogens is 208 g/mol. The Kier molecular flexibility index (Phi) is 2.64. The van der Waals surface area contributed by atoms with Crippen LogP contribution in [-0.4, -0.2) is 14.8 Å². The quantitative estimate of drug-likeness (QED) is 0.785. The maximum Gasteiger partial charge on any atom is 0.190 e. The Bertz CT molecular complexity index is 478. The van der Waals surface area contributed by atoms with Crippen molar-refractivity contribution >= 4 is 17.4 Å². The summed E-state index contributed by atoms with van der Waals surface area (Å²) in [6.45, 7) is 2.04. The van der Waals surface area contributed by atoms with Crippen molar-refractivity contribution in [1.82, 2.24) is 14.8 Å². The highest BCUT2D eigenvalue weighted by molar-refractivity contribution is 7.99. The van der Waals surface area contributed by atoms with Gasteiger partial charge in [-0.1, -0.05) is 6.07 Å². The summed E-state index contributed by atoms with van der Waals surface area (Å²) in [6.07, 6.45) is 1.54. The number of benzene rings is 1. The Morgan fingerprint density at radius 1 is 1.40 bits per heavy atom. The van der Waals surface area contributed by atoms with Crippen molar-refractivity contribution < 1.29 is 0 Å². The van der Waals surface area contributed by atoms with Gasteiger partial charge in [0, 0.05) is 17.6 Å². The van der Waals surface area contributed by atoms with E-state index in [1.54, 1.807) is 4.68 Å². The Morgan fingerprint density at radius 3 is 2.87 bits per heavy atom. The van der Waals surface area contributed by atoms with E-state index in [4.69, 9.17) is 5.73 Å². The summed E-state index contributed by atoms with van der Waals surface area (Å²) < 4.78 is 1.73. The molecule has 4 nitrogen and oxygen atoms in total. The normalized spacial score (nSPS) is 10.5. The van der Waals surface area contributed by atoms with Crippen LogP contribution in [0.1, 0.15) is 5.56 Å². The Balaban J connectivity index is 2.32. The van der Waals surface area contributed by atoms with E-state index in [0.717, 1.165) is 15.7 Å². The van der Waals surface area contributed by atoms with Gasteiger partial charge in [-0.2, -0.15) is 5.10 Å². The van der Waals surface area contributed by atoms with Gasteiger partial charge in [0.1, 0.15) is 6.33 Å². The first-order chi connectivity index (χ1) is 7.16. The number of anilines is 1. The molecule has 5 heteroatoms. The van der Waals surface area contributed by atoms with Crippen LogP contribution in [0.2, 0.25) is 0 Å². The van der Waals surface area contributed by atoms with Crippen LogP contribution in [0, 0.1) is 6.92 Å². The van der Waals surface area contributed by atoms with Crippen LogP contribution in [-0.2, 0) is 7.05 Å². The fourth-order valence-corrected chi connectivity index (χ4v) is 2.11. The van der Waals surface area contributed by atoms with Crippen molar-refractivity contribution in [2.75, 3.05) is 5.73 Å². The third-order valence-corrected chi connectivity index (χ3v) is 3.17. The van der Waals surface area contributed by atoms with Gasteiger partial charge in [0.15, 0.2) is 5.16 Å². The van der Waals surface area contributed by atoms with Crippen molar-refractivity contribution in [3.63, 3.8) is 0 Å². The summed E-state index contributed by atoms with van der Waals surface area (Å²) >= 11 is 1.53. The fourth-order valence-electron chi connectivity index (χ4n) is 1.21. The average molecular weight is 220 g/mol. The minimum atomic E-state index is 0.772. The minimum absolute atomic E-state index is 0.772. The highest BCUT2D eigenvalue weighted by atomic mass is 32.2. The smallest absolute Gasteiger partial charge is 0.190 e. The van der Waals surface area contributed by atoms with Gasteiger partial charge < -0.3 is 5.73 Å². The van der Waals surface area contributed by atoms with E-state index in [2.05, 4.69) is 16.1 Å². The summed E-state index contributed by atoms with van der Waals surface area (Å²) in [5.74, 6) is 0. The number of rotatable bonds is 2. The summed E-state index contributed by atoms with van der Waals surface area (Å²) in [4.78, 5) is 5.16. The number of nitrogens with two attached hydrogens (primary N) is 1. The molecule has 15 heavy (non-hydrogen) atoms. The highest BCUT2D eigenvalue weighted by Crippen LogP contribution is 2.30. The summed E-state index contributed by atoms with van der Waals surface area (Å²) in [5, 5.41) is 4.85. The van der Waals surface area contributed by atoms with Crippen LogP contribution in [0.15, 0.2) is 34.6 Å². The Labute approximate surface area is 92.5 Å². The molecule has 1 heterocycles. The molecule has 0 amide bonds. The zero-order valence-electron chi connectivity index (χ0n) is 8.64. The van der Waals surface area contributed by atoms with E-state index in [1.165, 1.54) is 23.7 Å². The molecule has 2 rings (SSSR count). The lowest BCUT2D eigenvalue weighted by atomic mass is 10.2. The summed E-state index contributed by atoms with van der Waals surface area (Å²) in [5.41, 5.74) is 7.84. The van der Waals surface area contributed by atoms with Crippen LogP contribution < -0.4 is 5.73 Å². The number of hydrogen-bond donors (Lipinski definition) is 1. The summed E-state index contributed by atoms with van der Waals surface area (Å²) in [6, 6.07) is 5.96. The first kappa shape index (κ1) is 10.0. The van der Waals surface area contributed by atoms with Gasteiger partial charge in [0.25, 0.3) is 0 Å². The van der Waals surface area contributed by atoms with Gasteiger partial charge in [-0.25, -0.2) is 9.67 Å². The van der Waals surface area contributed by atoms with Crippen LogP contribution in [0.4, 0.5) is 5.69 Å². The summed E-state index contributed by atoms with van der Waals surface area (Å²) in [7, 11) is 1.86. The van der Waals surface area contributed by atoms with E-state index < -0.39 is 0 Å². The van der Waals surface area contributed by atoms with Crippen molar-refractivity contribution in [1.29, 1.82) is 0 Å². The lowest BCUT2D eigenvalue weighted by Crippen LogP contribution is -1.94. The van der Waals surface area contributed by atoms with Gasteiger partial charge in [-0.15, -0.1) is 0 Å². The van der Waals surface area contributed by atoms with E-state index in [1.807, 2.05) is 26.1 Å². The monoisotopic (exact) mass is 220 g/mol. The third-order valence-electron chi connectivity index (χ3n) is 2.04. The second-order valence-corrected chi connectivity index (χ2v) is 4.32. The van der Waals surface area contributed by atoms with Crippen molar-refractivity contribution in [2.45, 2.75) is 17.0 Å². The SMILES string of the molecule is Cc1ccc(N)c(Sc2ncnn2C)c1. The zero-order chi connectivity index (χ0) is 10.8.